The van der Waals surface area contributed by atoms with Crippen LogP contribution < -0.4 is 5.32 Å². The maximum absolute atomic E-state index is 12.1. The summed E-state index contributed by atoms with van der Waals surface area (Å²) in [6, 6.07) is 0.174. The Balaban J connectivity index is 2.52. The molecule has 0 spiro atoms. The molecule has 0 radical (unpaired) electrons. The number of hydrogen-bond acceptors (Lipinski definition) is 3. The van der Waals surface area contributed by atoms with Crippen LogP contribution in [0.4, 0.5) is 4.79 Å². The van der Waals surface area contributed by atoms with Crippen LogP contribution in [0.1, 0.15) is 53.9 Å². The summed E-state index contributed by atoms with van der Waals surface area (Å²) in [6.07, 6.45) is 3.22. The van der Waals surface area contributed by atoms with Gasteiger partial charge in [-0.1, -0.05) is 0 Å². The number of amides is 1. The molecule has 0 aliphatic heterocycles. The number of hydrogen-bond donors (Lipinski definition) is 1. The average molecular weight is 256 g/mol. The lowest BCUT2D eigenvalue weighted by molar-refractivity contribution is 0.0182. The third-order valence-corrected chi connectivity index (χ3v) is 3.47. The first-order chi connectivity index (χ1) is 8.19. The van der Waals surface area contributed by atoms with Crippen molar-refractivity contribution >= 4 is 6.09 Å². The molecule has 1 aliphatic carbocycles. The molecule has 1 rings (SSSR count). The van der Waals surface area contributed by atoms with Crippen LogP contribution in [0, 0.1) is 0 Å². The standard InChI is InChI=1S/C14H28N2O2/c1-11(2)16(12(17)18-13(3,4)5)10-9-14(15-6)7-8-14/h11,15H,7-10H2,1-6H3. The van der Waals surface area contributed by atoms with Gasteiger partial charge in [-0.05, 0) is 60.9 Å². The van der Waals surface area contributed by atoms with Crippen molar-refractivity contribution in [1.82, 2.24) is 10.2 Å². The summed E-state index contributed by atoms with van der Waals surface area (Å²) in [5.74, 6) is 0. The molecule has 0 heterocycles. The Morgan fingerprint density at radius 2 is 1.94 bits per heavy atom. The van der Waals surface area contributed by atoms with Crippen LogP contribution in [0.15, 0.2) is 0 Å². The Morgan fingerprint density at radius 1 is 1.39 bits per heavy atom. The van der Waals surface area contributed by atoms with Crippen molar-refractivity contribution in [3.8, 4) is 0 Å². The van der Waals surface area contributed by atoms with Crippen molar-refractivity contribution in [2.45, 2.75) is 71.1 Å². The number of carbonyl (C=O) groups excluding carboxylic acids is 1. The molecule has 0 bridgehead atoms. The summed E-state index contributed by atoms with van der Waals surface area (Å²) in [7, 11) is 2.00. The molecule has 1 fully saturated rings. The zero-order chi connectivity index (χ0) is 14.0. The lowest BCUT2D eigenvalue weighted by atomic mass is 10.1. The predicted molar refractivity (Wildman–Crippen MR) is 73.7 cm³/mol. The van der Waals surface area contributed by atoms with Crippen molar-refractivity contribution in [2.24, 2.45) is 0 Å². The fourth-order valence-electron chi connectivity index (χ4n) is 1.99. The summed E-state index contributed by atoms with van der Waals surface area (Å²) in [6.45, 7) is 10.5. The first kappa shape index (κ1) is 15.3. The van der Waals surface area contributed by atoms with Gasteiger partial charge in [0.2, 0.25) is 0 Å². The van der Waals surface area contributed by atoms with Crippen molar-refractivity contribution < 1.29 is 9.53 Å². The van der Waals surface area contributed by atoms with Gasteiger partial charge < -0.3 is 15.0 Å². The highest BCUT2D eigenvalue weighted by Gasteiger charge is 2.41. The fourth-order valence-corrected chi connectivity index (χ4v) is 1.99. The molecule has 0 aromatic rings. The second-order valence-corrected chi connectivity index (χ2v) is 6.55. The zero-order valence-corrected chi connectivity index (χ0v) is 12.7. The largest absolute Gasteiger partial charge is 0.444 e. The third-order valence-electron chi connectivity index (χ3n) is 3.47. The quantitative estimate of drug-likeness (QED) is 0.822. The summed E-state index contributed by atoms with van der Waals surface area (Å²) in [4.78, 5) is 13.9. The summed E-state index contributed by atoms with van der Waals surface area (Å²) in [5.41, 5.74) is -0.153. The van der Waals surface area contributed by atoms with E-state index >= 15 is 0 Å². The molecule has 0 unspecified atom stereocenters. The van der Waals surface area contributed by atoms with Crippen molar-refractivity contribution in [3.05, 3.63) is 0 Å². The van der Waals surface area contributed by atoms with E-state index in [1.54, 1.807) is 0 Å². The van der Waals surface area contributed by atoms with Gasteiger partial charge in [-0.15, -0.1) is 0 Å². The first-order valence-electron chi connectivity index (χ1n) is 6.88. The predicted octanol–water partition coefficient (Wildman–Crippen LogP) is 2.77. The Hall–Kier alpha value is -0.770. The fraction of sp³-hybridized carbons (Fsp3) is 0.929. The zero-order valence-electron chi connectivity index (χ0n) is 12.7. The van der Waals surface area contributed by atoms with E-state index < -0.39 is 5.60 Å². The van der Waals surface area contributed by atoms with Crippen LogP contribution >= 0.6 is 0 Å². The number of carbonyl (C=O) groups is 1. The molecular formula is C14H28N2O2. The second-order valence-electron chi connectivity index (χ2n) is 6.55. The van der Waals surface area contributed by atoms with Crippen LogP contribution in [-0.2, 0) is 4.74 Å². The third kappa shape index (κ3) is 4.48. The number of nitrogens with one attached hydrogen (secondary N) is 1. The van der Waals surface area contributed by atoms with Crippen molar-refractivity contribution in [1.29, 1.82) is 0 Å². The molecule has 1 aliphatic rings. The molecule has 1 N–H and O–H groups in total. The van der Waals surface area contributed by atoms with Crippen molar-refractivity contribution in [2.75, 3.05) is 13.6 Å². The van der Waals surface area contributed by atoms with Gasteiger partial charge in [-0.2, -0.15) is 0 Å². The molecule has 0 aromatic carbocycles. The van der Waals surface area contributed by atoms with Crippen molar-refractivity contribution in [3.63, 3.8) is 0 Å². The van der Waals surface area contributed by atoms with E-state index in [1.165, 1.54) is 12.8 Å². The highest BCUT2D eigenvalue weighted by Crippen LogP contribution is 2.38. The molecule has 1 amide bonds. The number of ether oxygens (including phenoxy) is 1. The normalized spacial score (nSPS) is 17.7. The molecule has 0 saturated heterocycles. The van der Waals surface area contributed by atoms with E-state index in [2.05, 4.69) is 5.32 Å². The molecule has 4 heteroatoms. The van der Waals surface area contributed by atoms with Gasteiger partial charge in [0.15, 0.2) is 0 Å². The van der Waals surface area contributed by atoms with Crippen LogP contribution in [0.3, 0.4) is 0 Å². The van der Waals surface area contributed by atoms with Gasteiger partial charge in [-0.25, -0.2) is 4.79 Å². The van der Waals surface area contributed by atoms with Gasteiger partial charge in [0.05, 0.1) is 0 Å². The highest BCUT2D eigenvalue weighted by molar-refractivity contribution is 5.68. The van der Waals surface area contributed by atoms with Gasteiger partial charge in [0.1, 0.15) is 5.60 Å². The van der Waals surface area contributed by atoms with E-state index in [1.807, 2.05) is 46.6 Å². The molecule has 4 nitrogen and oxygen atoms in total. The molecular weight excluding hydrogens is 228 g/mol. The van der Waals surface area contributed by atoms with Crippen LogP contribution in [0.2, 0.25) is 0 Å². The van der Waals surface area contributed by atoms with Gasteiger partial charge >= 0.3 is 6.09 Å². The molecule has 1 saturated carbocycles. The maximum atomic E-state index is 12.1. The monoisotopic (exact) mass is 256 g/mol. The maximum Gasteiger partial charge on any atom is 0.410 e. The lowest BCUT2D eigenvalue weighted by Gasteiger charge is -2.31. The van der Waals surface area contributed by atoms with E-state index in [-0.39, 0.29) is 17.7 Å². The van der Waals surface area contributed by atoms with Crippen LogP contribution in [0.25, 0.3) is 0 Å². The Kier molecular flexibility index (Phi) is 4.65. The van der Waals surface area contributed by atoms with Gasteiger partial charge in [-0.3, -0.25) is 0 Å². The average Bonchev–Trinajstić information content (AvgIpc) is 2.95. The Labute approximate surface area is 111 Å². The van der Waals surface area contributed by atoms with Crippen LogP contribution in [0.5, 0.6) is 0 Å². The lowest BCUT2D eigenvalue weighted by Crippen LogP contribution is -2.43. The van der Waals surface area contributed by atoms with Gasteiger partial charge in [0, 0.05) is 18.1 Å². The van der Waals surface area contributed by atoms with E-state index in [4.69, 9.17) is 4.74 Å². The number of rotatable bonds is 5. The summed E-state index contributed by atoms with van der Waals surface area (Å²) < 4.78 is 5.45. The highest BCUT2D eigenvalue weighted by atomic mass is 16.6. The molecule has 0 atom stereocenters. The Morgan fingerprint density at radius 3 is 2.28 bits per heavy atom. The molecule has 18 heavy (non-hydrogen) atoms. The van der Waals surface area contributed by atoms with Crippen LogP contribution in [-0.4, -0.2) is 41.8 Å². The van der Waals surface area contributed by atoms with E-state index in [9.17, 15) is 4.79 Å². The SMILES string of the molecule is CNC1(CCN(C(=O)OC(C)(C)C)C(C)C)CC1. The topological polar surface area (TPSA) is 41.6 Å². The minimum Gasteiger partial charge on any atom is -0.444 e. The first-order valence-corrected chi connectivity index (χ1v) is 6.88. The minimum atomic E-state index is -0.426. The van der Waals surface area contributed by atoms with E-state index in [0.717, 1.165) is 13.0 Å². The van der Waals surface area contributed by atoms with E-state index in [0.29, 0.717) is 0 Å². The summed E-state index contributed by atoms with van der Waals surface area (Å²) >= 11 is 0. The summed E-state index contributed by atoms with van der Waals surface area (Å²) in [5, 5.41) is 3.36. The smallest absolute Gasteiger partial charge is 0.410 e. The van der Waals surface area contributed by atoms with Gasteiger partial charge in [0.25, 0.3) is 0 Å². The minimum absolute atomic E-state index is 0.174. The second kappa shape index (κ2) is 5.47. The molecule has 0 aromatic heterocycles. The number of nitrogens with zero attached hydrogens (tertiary/aromatic N) is 1. The molecule has 106 valence electrons. The Bertz CT molecular complexity index is 291.